The predicted molar refractivity (Wildman–Crippen MR) is 102 cm³/mol. The van der Waals surface area contributed by atoms with Gasteiger partial charge in [-0.1, -0.05) is 19.1 Å². The second-order valence-electron chi connectivity index (χ2n) is 5.76. The average molecular weight is 452 g/mol. The van der Waals surface area contributed by atoms with Crippen molar-refractivity contribution < 1.29 is 19.4 Å². The van der Waals surface area contributed by atoms with E-state index >= 15 is 0 Å². The Morgan fingerprint density at radius 1 is 1.12 bits per heavy atom. The topological polar surface area (TPSA) is 78.5 Å². The van der Waals surface area contributed by atoms with Crippen molar-refractivity contribution in [3.05, 3.63) is 57.7 Å². The zero-order valence-electron chi connectivity index (χ0n) is 14.0. The third-order valence-corrected chi connectivity index (χ3v) is 4.76. The minimum absolute atomic E-state index is 0.301. The van der Waals surface area contributed by atoms with Crippen molar-refractivity contribution in [2.75, 3.05) is 12.4 Å². The van der Waals surface area contributed by atoms with Crippen LogP contribution in [0.15, 0.2) is 48.5 Å². The minimum Gasteiger partial charge on any atom is -0.550 e. The first kappa shape index (κ1) is 19.2. The number of amides is 1. The highest BCUT2D eigenvalue weighted by molar-refractivity contribution is 14.1. The lowest BCUT2D eigenvalue weighted by atomic mass is 9.87. The standard InChI is InChI=1S/C19H20INO4/c1-12(19(23)24)17(11-13-3-9-16(25-2)10-4-13)18(22)21-15-7-5-14(20)6-8-15/h3-10,12,17H,11H2,1-2H3,(H,21,22)(H,23,24)/p-1. The molecule has 0 heterocycles. The van der Waals surface area contributed by atoms with Gasteiger partial charge in [-0.25, -0.2) is 0 Å². The van der Waals surface area contributed by atoms with Gasteiger partial charge in [0.05, 0.1) is 13.0 Å². The highest BCUT2D eigenvalue weighted by Gasteiger charge is 2.26. The van der Waals surface area contributed by atoms with Gasteiger partial charge in [0, 0.05) is 21.1 Å². The Morgan fingerprint density at radius 3 is 2.24 bits per heavy atom. The van der Waals surface area contributed by atoms with Gasteiger partial charge in [0.2, 0.25) is 5.91 Å². The molecule has 0 aliphatic carbocycles. The first-order chi connectivity index (χ1) is 11.9. The van der Waals surface area contributed by atoms with E-state index in [2.05, 4.69) is 27.9 Å². The molecule has 0 aromatic heterocycles. The summed E-state index contributed by atoms with van der Waals surface area (Å²) in [7, 11) is 1.57. The van der Waals surface area contributed by atoms with Crippen LogP contribution in [0.1, 0.15) is 12.5 Å². The number of hydrogen-bond donors (Lipinski definition) is 1. The van der Waals surface area contributed by atoms with Gasteiger partial charge in [-0.3, -0.25) is 4.79 Å². The molecule has 0 saturated heterocycles. The third-order valence-electron chi connectivity index (χ3n) is 4.04. The van der Waals surface area contributed by atoms with Gasteiger partial charge in [0.1, 0.15) is 5.75 Å². The van der Waals surface area contributed by atoms with Crippen LogP contribution in [0.2, 0.25) is 0 Å². The molecule has 0 fully saturated rings. The fraction of sp³-hybridized carbons (Fsp3) is 0.263. The van der Waals surface area contributed by atoms with Crippen LogP contribution in [0, 0.1) is 15.4 Å². The molecule has 0 radical (unpaired) electrons. The summed E-state index contributed by atoms with van der Waals surface area (Å²) in [5.41, 5.74) is 1.49. The molecular formula is C19H19INO4-. The molecule has 2 unspecified atom stereocenters. The van der Waals surface area contributed by atoms with Gasteiger partial charge in [0.25, 0.3) is 0 Å². The summed E-state index contributed by atoms with van der Waals surface area (Å²) in [6, 6.07) is 14.5. The maximum atomic E-state index is 12.6. The number of ether oxygens (including phenoxy) is 1. The molecule has 2 rings (SSSR count). The summed E-state index contributed by atoms with van der Waals surface area (Å²) in [5, 5.41) is 14.1. The normalized spacial score (nSPS) is 12.9. The number of aliphatic carboxylic acids is 1. The second-order valence-corrected chi connectivity index (χ2v) is 7.01. The third kappa shape index (κ3) is 5.45. The van der Waals surface area contributed by atoms with Crippen LogP contribution in [-0.4, -0.2) is 19.0 Å². The number of carboxylic acids is 1. The first-order valence-corrected chi connectivity index (χ1v) is 8.89. The molecule has 5 nitrogen and oxygen atoms in total. The number of hydrogen-bond acceptors (Lipinski definition) is 4. The summed E-state index contributed by atoms with van der Waals surface area (Å²) in [6.45, 7) is 1.50. The van der Waals surface area contributed by atoms with E-state index < -0.39 is 17.8 Å². The molecule has 132 valence electrons. The van der Waals surface area contributed by atoms with Crippen LogP contribution in [-0.2, 0) is 16.0 Å². The van der Waals surface area contributed by atoms with Gasteiger partial charge in [0.15, 0.2) is 0 Å². The molecule has 2 atom stereocenters. The lowest BCUT2D eigenvalue weighted by Crippen LogP contribution is -2.40. The fourth-order valence-electron chi connectivity index (χ4n) is 2.44. The lowest BCUT2D eigenvalue weighted by Gasteiger charge is -2.24. The van der Waals surface area contributed by atoms with E-state index in [1.165, 1.54) is 6.92 Å². The van der Waals surface area contributed by atoms with Gasteiger partial charge in [-0.15, -0.1) is 0 Å². The van der Waals surface area contributed by atoms with Crippen LogP contribution in [0.3, 0.4) is 0 Å². The number of carbonyl (C=O) groups is 2. The summed E-state index contributed by atoms with van der Waals surface area (Å²) in [4.78, 5) is 24.0. The molecule has 25 heavy (non-hydrogen) atoms. The zero-order chi connectivity index (χ0) is 18.4. The Bertz CT molecular complexity index is 728. The first-order valence-electron chi connectivity index (χ1n) is 7.81. The number of benzene rings is 2. The number of carbonyl (C=O) groups excluding carboxylic acids is 2. The number of methoxy groups -OCH3 is 1. The highest BCUT2D eigenvalue weighted by atomic mass is 127. The molecule has 0 spiro atoms. The molecule has 0 saturated carbocycles. The van der Waals surface area contributed by atoms with Gasteiger partial charge in [-0.2, -0.15) is 0 Å². The summed E-state index contributed by atoms with van der Waals surface area (Å²) < 4.78 is 6.16. The van der Waals surface area contributed by atoms with E-state index in [-0.39, 0.29) is 5.91 Å². The molecule has 1 N–H and O–H groups in total. The number of rotatable bonds is 7. The lowest BCUT2D eigenvalue weighted by molar-refractivity contribution is -0.312. The van der Waals surface area contributed by atoms with Crippen LogP contribution in [0.4, 0.5) is 5.69 Å². The van der Waals surface area contributed by atoms with Crippen molar-refractivity contribution in [2.24, 2.45) is 11.8 Å². The quantitative estimate of drug-likeness (QED) is 0.655. The molecule has 0 aliphatic heterocycles. The SMILES string of the molecule is COc1ccc(CC(C(=O)Nc2ccc(I)cc2)C(C)C(=O)[O-])cc1. The fourth-order valence-corrected chi connectivity index (χ4v) is 2.80. The Kier molecular flexibility index (Phi) is 6.81. The highest BCUT2D eigenvalue weighted by Crippen LogP contribution is 2.22. The van der Waals surface area contributed by atoms with Crippen LogP contribution < -0.4 is 15.2 Å². The van der Waals surface area contributed by atoms with Crippen LogP contribution >= 0.6 is 22.6 Å². The van der Waals surface area contributed by atoms with Crippen LogP contribution in [0.25, 0.3) is 0 Å². The average Bonchev–Trinajstić information content (AvgIpc) is 2.61. The summed E-state index contributed by atoms with van der Waals surface area (Å²) in [5.74, 6) is -2.52. The maximum Gasteiger partial charge on any atom is 0.228 e. The molecular weight excluding hydrogens is 433 g/mol. The van der Waals surface area contributed by atoms with Crippen LogP contribution in [0.5, 0.6) is 5.75 Å². The summed E-state index contributed by atoms with van der Waals surface area (Å²) in [6.07, 6.45) is 0.301. The van der Waals surface area contributed by atoms with Gasteiger partial charge >= 0.3 is 0 Å². The van der Waals surface area contributed by atoms with E-state index in [4.69, 9.17) is 4.74 Å². The number of nitrogens with one attached hydrogen (secondary N) is 1. The number of halogens is 1. The van der Waals surface area contributed by atoms with Crippen molar-refractivity contribution in [3.8, 4) is 5.75 Å². The van der Waals surface area contributed by atoms with Crippen molar-refractivity contribution in [1.82, 2.24) is 0 Å². The molecule has 0 bridgehead atoms. The van der Waals surface area contributed by atoms with Crippen molar-refractivity contribution >= 4 is 40.2 Å². The second kappa shape index (κ2) is 8.84. The number of anilines is 1. The van der Waals surface area contributed by atoms with Gasteiger partial charge in [-0.05, 0) is 71.0 Å². The summed E-state index contributed by atoms with van der Waals surface area (Å²) >= 11 is 2.17. The Hall–Kier alpha value is -2.09. The molecule has 2 aromatic rings. The van der Waals surface area contributed by atoms with Crippen molar-refractivity contribution in [3.63, 3.8) is 0 Å². The monoisotopic (exact) mass is 452 g/mol. The zero-order valence-corrected chi connectivity index (χ0v) is 16.1. The molecule has 6 heteroatoms. The van der Waals surface area contributed by atoms with E-state index in [9.17, 15) is 14.7 Å². The maximum absolute atomic E-state index is 12.6. The molecule has 2 aromatic carbocycles. The van der Waals surface area contributed by atoms with Crippen molar-refractivity contribution in [2.45, 2.75) is 13.3 Å². The smallest absolute Gasteiger partial charge is 0.228 e. The van der Waals surface area contributed by atoms with E-state index in [0.717, 1.165) is 9.13 Å². The Labute approximate surface area is 160 Å². The van der Waals surface area contributed by atoms with E-state index in [1.54, 1.807) is 31.4 Å². The molecule has 1 amide bonds. The minimum atomic E-state index is -1.24. The number of carboxylic acid groups (broad SMARTS) is 1. The van der Waals surface area contributed by atoms with Gasteiger partial charge < -0.3 is 20.0 Å². The largest absolute Gasteiger partial charge is 0.550 e. The van der Waals surface area contributed by atoms with E-state index in [1.807, 2.05) is 24.3 Å². The Balaban J connectivity index is 2.17. The Morgan fingerprint density at radius 2 is 1.72 bits per heavy atom. The predicted octanol–water partition coefficient (Wildman–Crippen LogP) is 2.48. The van der Waals surface area contributed by atoms with Crippen molar-refractivity contribution in [1.29, 1.82) is 0 Å². The molecule has 0 aliphatic rings. The van der Waals surface area contributed by atoms with E-state index in [0.29, 0.717) is 17.9 Å².